The quantitative estimate of drug-likeness (QED) is 0.918. The molecule has 5 nitrogen and oxygen atoms in total. The van der Waals surface area contributed by atoms with Gasteiger partial charge in [-0.25, -0.2) is 0 Å². The molecule has 2 rings (SSSR count). The van der Waals surface area contributed by atoms with Gasteiger partial charge in [-0.15, -0.1) is 0 Å². The summed E-state index contributed by atoms with van der Waals surface area (Å²) in [7, 11) is 1.66. The van der Waals surface area contributed by atoms with E-state index in [4.69, 9.17) is 16.3 Å². The summed E-state index contributed by atoms with van der Waals surface area (Å²) in [5, 5.41) is 3.28. The van der Waals surface area contributed by atoms with Crippen molar-refractivity contribution in [2.75, 3.05) is 19.0 Å². The van der Waals surface area contributed by atoms with Crippen LogP contribution in [0, 0.1) is 0 Å². The standard InChI is InChI=1S/C14H17ClN4O/c1-14(2,20-3)9-16-13-18-11(17-12(15)19-13)10-7-5-4-6-8-10/h4-8H,9H2,1-3H3,(H,16,17,18,19). The third-order valence-electron chi connectivity index (χ3n) is 2.86. The van der Waals surface area contributed by atoms with Crippen LogP contribution in [0.5, 0.6) is 0 Å². The Morgan fingerprint density at radius 3 is 2.50 bits per heavy atom. The molecule has 0 aliphatic heterocycles. The molecule has 0 saturated carbocycles. The second-order valence-electron chi connectivity index (χ2n) is 4.94. The monoisotopic (exact) mass is 292 g/mol. The Kier molecular flexibility index (Phi) is 4.52. The molecule has 0 bridgehead atoms. The van der Waals surface area contributed by atoms with Crippen LogP contribution < -0.4 is 5.32 Å². The van der Waals surface area contributed by atoms with E-state index < -0.39 is 0 Å². The first-order valence-electron chi connectivity index (χ1n) is 6.26. The van der Waals surface area contributed by atoms with Crippen LogP contribution in [-0.4, -0.2) is 34.2 Å². The highest BCUT2D eigenvalue weighted by Gasteiger charge is 2.17. The van der Waals surface area contributed by atoms with Crippen molar-refractivity contribution < 1.29 is 4.74 Å². The number of nitrogens with one attached hydrogen (secondary N) is 1. The smallest absolute Gasteiger partial charge is 0.227 e. The number of hydrogen-bond acceptors (Lipinski definition) is 5. The number of methoxy groups -OCH3 is 1. The number of halogens is 1. The van der Waals surface area contributed by atoms with Gasteiger partial charge < -0.3 is 10.1 Å². The van der Waals surface area contributed by atoms with Gasteiger partial charge in [0.05, 0.1) is 5.60 Å². The van der Waals surface area contributed by atoms with Crippen LogP contribution in [0.1, 0.15) is 13.8 Å². The molecule has 1 N–H and O–H groups in total. The number of ether oxygens (including phenoxy) is 1. The summed E-state index contributed by atoms with van der Waals surface area (Å²) in [6.45, 7) is 4.51. The van der Waals surface area contributed by atoms with Gasteiger partial charge in [0.25, 0.3) is 0 Å². The maximum absolute atomic E-state index is 5.95. The lowest BCUT2D eigenvalue weighted by molar-refractivity contribution is 0.0342. The number of nitrogens with zero attached hydrogens (tertiary/aromatic N) is 3. The second-order valence-corrected chi connectivity index (χ2v) is 5.27. The van der Waals surface area contributed by atoms with Gasteiger partial charge in [-0.05, 0) is 25.4 Å². The van der Waals surface area contributed by atoms with E-state index in [0.29, 0.717) is 18.3 Å². The normalized spacial score (nSPS) is 11.4. The molecule has 0 amide bonds. The lowest BCUT2D eigenvalue weighted by atomic mass is 10.1. The minimum atomic E-state index is -0.313. The molecular formula is C14H17ClN4O. The second kappa shape index (κ2) is 6.15. The molecule has 1 aromatic carbocycles. The van der Waals surface area contributed by atoms with Gasteiger partial charge in [0.15, 0.2) is 5.82 Å². The SMILES string of the molecule is COC(C)(C)CNc1nc(Cl)nc(-c2ccccc2)n1. The predicted octanol–water partition coefficient (Wildman–Crippen LogP) is 3.03. The average Bonchev–Trinajstić information content (AvgIpc) is 2.46. The van der Waals surface area contributed by atoms with Gasteiger partial charge in [0.1, 0.15) is 0 Å². The van der Waals surface area contributed by atoms with Gasteiger partial charge in [-0.2, -0.15) is 15.0 Å². The van der Waals surface area contributed by atoms with E-state index in [1.165, 1.54) is 0 Å². The molecule has 0 fully saturated rings. The van der Waals surface area contributed by atoms with Gasteiger partial charge in [0.2, 0.25) is 11.2 Å². The van der Waals surface area contributed by atoms with Crippen molar-refractivity contribution in [2.24, 2.45) is 0 Å². The third kappa shape index (κ3) is 3.88. The van der Waals surface area contributed by atoms with Gasteiger partial charge >= 0.3 is 0 Å². The minimum absolute atomic E-state index is 0.163. The summed E-state index contributed by atoms with van der Waals surface area (Å²) in [6, 6.07) is 9.64. The Morgan fingerprint density at radius 2 is 1.85 bits per heavy atom. The molecule has 0 radical (unpaired) electrons. The summed E-state index contributed by atoms with van der Waals surface area (Å²) in [5.41, 5.74) is 0.581. The topological polar surface area (TPSA) is 59.9 Å². The molecule has 20 heavy (non-hydrogen) atoms. The maximum atomic E-state index is 5.95. The molecule has 2 aromatic rings. The van der Waals surface area contributed by atoms with Crippen LogP contribution in [-0.2, 0) is 4.74 Å². The Hall–Kier alpha value is -1.72. The Balaban J connectivity index is 2.21. The Bertz CT molecular complexity index is 575. The molecular weight excluding hydrogens is 276 g/mol. The van der Waals surface area contributed by atoms with Crippen molar-refractivity contribution in [2.45, 2.75) is 19.4 Å². The van der Waals surface area contributed by atoms with Gasteiger partial charge in [0, 0.05) is 19.2 Å². The van der Waals surface area contributed by atoms with Crippen LogP contribution in [0.2, 0.25) is 5.28 Å². The van der Waals surface area contributed by atoms with Crippen LogP contribution in [0.3, 0.4) is 0 Å². The molecule has 0 saturated heterocycles. The molecule has 0 aliphatic carbocycles. The van der Waals surface area contributed by atoms with E-state index >= 15 is 0 Å². The fraction of sp³-hybridized carbons (Fsp3) is 0.357. The highest BCUT2D eigenvalue weighted by Crippen LogP contribution is 2.18. The average molecular weight is 293 g/mol. The molecule has 0 aliphatic rings. The van der Waals surface area contributed by atoms with Gasteiger partial charge in [-0.3, -0.25) is 0 Å². The fourth-order valence-corrected chi connectivity index (χ4v) is 1.67. The van der Waals surface area contributed by atoms with E-state index in [1.54, 1.807) is 7.11 Å². The van der Waals surface area contributed by atoms with Crippen molar-refractivity contribution in [3.63, 3.8) is 0 Å². The molecule has 0 unspecified atom stereocenters. The van der Waals surface area contributed by atoms with Crippen molar-refractivity contribution >= 4 is 17.5 Å². The first-order valence-corrected chi connectivity index (χ1v) is 6.64. The summed E-state index contributed by atoms with van der Waals surface area (Å²) in [6.07, 6.45) is 0. The van der Waals surface area contributed by atoms with Crippen molar-refractivity contribution in [1.29, 1.82) is 0 Å². The highest BCUT2D eigenvalue weighted by atomic mass is 35.5. The lowest BCUT2D eigenvalue weighted by Crippen LogP contribution is -2.32. The van der Waals surface area contributed by atoms with Crippen LogP contribution in [0.4, 0.5) is 5.95 Å². The number of aromatic nitrogens is 3. The van der Waals surface area contributed by atoms with Gasteiger partial charge in [-0.1, -0.05) is 30.3 Å². The van der Waals surface area contributed by atoms with Crippen LogP contribution in [0.25, 0.3) is 11.4 Å². The van der Waals surface area contributed by atoms with Crippen molar-refractivity contribution in [3.8, 4) is 11.4 Å². The molecule has 6 heteroatoms. The van der Waals surface area contributed by atoms with E-state index in [2.05, 4.69) is 20.3 Å². The molecule has 1 heterocycles. The van der Waals surface area contributed by atoms with Crippen LogP contribution >= 0.6 is 11.6 Å². The number of rotatable bonds is 5. The zero-order chi connectivity index (χ0) is 14.6. The van der Waals surface area contributed by atoms with E-state index in [1.807, 2.05) is 44.2 Å². The fourth-order valence-electron chi connectivity index (χ4n) is 1.51. The summed E-state index contributed by atoms with van der Waals surface area (Å²) >= 11 is 5.95. The van der Waals surface area contributed by atoms with E-state index in [9.17, 15) is 0 Å². The summed E-state index contributed by atoms with van der Waals surface area (Å²) in [5.74, 6) is 0.984. The molecule has 106 valence electrons. The van der Waals surface area contributed by atoms with Crippen LogP contribution in [0.15, 0.2) is 30.3 Å². The third-order valence-corrected chi connectivity index (χ3v) is 3.03. The summed E-state index contributed by atoms with van der Waals surface area (Å²) < 4.78 is 5.34. The minimum Gasteiger partial charge on any atom is -0.377 e. The maximum Gasteiger partial charge on any atom is 0.227 e. The molecule has 0 atom stereocenters. The zero-order valence-electron chi connectivity index (χ0n) is 11.7. The van der Waals surface area contributed by atoms with E-state index in [0.717, 1.165) is 5.56 Å². The largest absolute Gasteiger partial charge is 0.377 e. The first-order chi connectivity index (χ1) is 9.50. The number of anilines is 1. The highest BCUT2D eigenvalue weighted by molar-refractivity contribution is 6.28. The lowest BCUT2D eigenvalue weighted by Gasteiger charge is -2.23. The Morgan fingerprint density at radius 1 is 1.15 bits per heavy atom. The van der Waals surface area contributed by atoms with Crippen molar-refractivity contribution in [1.82, 2.24) is 15.0 Å². The molecule has 1 aromatic heterocycles. The molecule has 0 spiro atoms. The Labute approximate surface area is 123 Å². The first kappa shape index (κ1) is 14.7. The predicted molar refractivity (Wildman–Crippen MR) is 79.9 cm³/mol. The summed E-state index contributed by atoms with van der Waals surface area (Å²) in [4.78, 5) is 12.6. The number of benzene rings is 1. The number of hydrogen-bond donors (Lipinski definition) is 1. The van der Waals surface area contributed by atoms with Crippen molar-refractivity contribution in [3.05, 3.63) is 35.6 Å². The zero-order valence-corrected chi connectivity index (χ0v) is 12.5. The van der Waals surface area contributed by atoms with E-state index in [-0.39, 0.29) is 10.9 Å².